The summed E-state index contributed by atoms with van der Waals surface area (Å²) in [6.45, 7) is 1.72. The minimum atomic E-state index is -0.553. The number of amides is 1. The summed E-state index contributed by atoms with van der Waals surface area (Å²) in [5.74, 6) is -0.767. The Morgan fingerprint density at radius 1 is 1.22 bits per heavy atom. The summed E-state index contributed by atoms with van der Waals surface area (Å²) in [6.07, 6.45) is 3.74. The molecule has 1 atom stereocenters. The van der Waals surface area contributed by atoms with E-state index in [0.717, 1.165) is 32.9 Å². The topological polar surface area (TPSA) is 59.5 Å². The number of benzene rings is 2. The van der Waals surface area contributed by atoms with Gasteiger partial charge in [0.2, 0.25) is 0 Å². The molecule has 0 spiro atoms. The number of anilines is 1. The van der Waals surface area contributed by atoms with Crippen LogP contribution in [0.3, 0.4) is 0 Å². The van der Waals surface area contributed by atoms with E-state index in [1.807, 2.05) is 55.5 Å². The highest BCUT2D eigenvalue weighted by atomic mass is 32.1. The van der Waals surface area contributed by atoms with Crippen molar-refractivity contribution in [2.75, 3.05) is 11.5 Å². The normalized spacial score (nSPS) is 16.0. The molecule has 0 saturated carbocycles. The molecule has 5 nitrogen and oxygen atoms in total. The zero-order valence-electron chi connectivity index (χ0n) is 14.8. The standard InChI is InChI=1S/C21H18N2O3S/c1-14-12-15-6-2-4-8-17(15)23(14)20(24)13-26-21(25)11-10-19-22-16-7-3-5-9-18(16)27-19/h2-11,14H,12-13H2,1H3/b11-10+/t14-/m0/s1. The SMILES string of the molecule is C[C@H]1Cc2ccccc2N1C(=O)COC(=O)/C=C/c1nc2ccccc2s1. The maximum atomic E-state index is 12.5. The number of hydrogen-bond acceptors (Lipinski definition) is 5. The second-order valence-electron chi connectivity index (χ2n) is 6.41. The Morgan fingerprint density at radius 3 is 2.85 bits per heavy atom. The minimum absolute atomic E-state index is 0.0619. The summed E-state index contributed by atoms with van der Waals surface area (Å²) < 4.78 is 6.19. The van der Waals surface area contributed by atoms with Crippen molar-refractivity contribution in [1.29, 1.82) is 0 Å². The van der Waals surface area contributed by atoms with Crippen molar-refractivity contribution >= 4 is 45.2 Å². The van der Waals surface area contributed by atoms with Gasteiger partial charge in [-0.05, 0) is 43.2 Å². The van der Waals surface area contributed by atoms with Gasteiger partial charge in [0.1, 0.15) is 5.01 Å². The predicted octanol–water partition coefficient (Wildman–Crippen LogP) is 3.83. The summed E-state index contributed by atoms with van der Waals surface area (Å²) >= 11 is 1.50. The Hall–Kier alpha value is -2.99. The molecule has 27 heavy (non-hydrogen) atoms. The van der Waals surface area contributed by atoms with Gasteiger partial charge < -0.3 is 9.64 Å². The van der Waals surface area contributed by atoms with E-state index < -0.39 is 5.97 Å². The molecule has 1 aromatic heterocycles. The highest BCUT2D eigenvalue weighted by Crippen LogP contribution is 2.31. The minimum Gasteiger partial charge on any atom is -0.452 e. The molecule has 1 aliphatic heterocycles. The van der Waals surface area contributed by atoms with Gasteiger partial charge in [-0.25, -0.2) is 9.78 Å². The van der Waals surface area contributed by atoms with Crippen LogP contribution in [0.5, 0.6) is 0 Å². The molecule has 2 heterocycles. The van der Waals surface area contributed by atoms with Crippen molar-refractivity contribution in [3.05, 3.63) is 65.2 Å². The van der Waals surface area contributed by atoms with E-state index in [9.17, 15) is 9.59 Å². The summed E-state index contributed by atoms with van der Waals surface area (Å²) in [6, 6.07) is 15.7. The van der Waals surface area contributed by atoms with Crippen molar-refractivity contribution in [2.45, 2.75) is 19.4 Å². The average Bonchev–Trinajstić information content (AvgIpc) is 3.23. The van der Waals surface area contributed by atoms with Gasteiger partial charge in [0.25, 0.3) is 5.91 Å². The van der Waals surface area contributed by atoms with Gasteiger partial charge in [-0.2, -0.15) is 0 Å². The lowest BCUT2D eigenvalue weighted by Crippen LogP contribution is -2.38. The maximum absolute atomic E-state index is 12.5. The van der Waals surface area contributed by atoms with Gasteiger partial charge in [0.05, 0.1) is 10.2 Å². The van der Waals surface area contributed by atoms with Crippen LogP contribution in [0.15, 0.2) is 54.6 Å². The number of ether oxygens (including phenoxy) is 1. The van der Waals surface area contributed by atoms with Crippen LogP contribution in [0, 0.1) is 0 Å². The van der Waals surface area contributed by atoms with Gasteiger partial charge in [-0.15, -0.1) is 11.3 Å². The van der Waals surface area contributed by atoms with Crippen LogP contribution in [-0.2, 0) is 20.7 Å². The van der Waals surface area contributed by atoms with Crippen LogP contribution >= 0.6 is 11.3 Å². The number of nitrogens with zero attached hydrogens (tertiary/aromatic N) is 2. The van der Waals surface area contributed by atoms with Gasteiger partial charge >= 0.3 is 5.97 Å². The van der Waals surface area contributed by atoms with Crippen LogP contribution in [0.1, 0.15) is 17.5 Å². The number of esters is 1. The number of carbonyl (C=O) groups is 2. The molecule has 0 radical (unpaired) electrons. The lowest BCUT2D eigenvalue weighted by atomic mass is 10.1. The van der Waals surface area contributed by atoms with E-state index in [2.05, 4.69) is 4.98 Å². The van der Waals surface area contributed by atoms with Crippen LogP contribution in [0.4, 0.5) is 5.69 Å². The zero-order chi connectivity index (χ0) is 18.8. The fourth-order valence-corrected chi connectivity index (χ4v) is 4.17. The molecule has 136 valence electrons. The third kappa shape index (κ3) is 3.61. The van der Waals surface area contributed by atoms with Crippen molar-refractivity contribution in [3.63, 3.8) is 0 Å². The Bertz CT molecular complexity index is 1010. The average molecular weight is 378 g/mol. The third-order valence-corrected chi connectivity index (χ3v) is 5.49. The van der Waals surface area contributed by atoms with Crippen LogP contribution in [0.25, 0.3) is 16.3 Å². The largest absolute Gasteiger partial charge is 0.452 e. The van der Waals surface area contributed by atoms with E-state index in [0.29, 0.717) is 0 Å². The van der Waals surface area contributed by atoms with Crippen molar-refractivity contribution in [2.24, 2.45) is 0 Å². The molecule has 0 unspecified atom stereocenters. The highest BCUT2D eigenvalue weighted by Gasteiger charge is 2.30. The number of fused-ring (bicyclic) bond motifs is 2. The molecule has 0 saturated heterocycles. The Morgan fingerprint density at radius 2 is 2.00 bits per heavy atom. The van der Waals surface area contributed by atoms with Crippen molar-refractivity contribution in [1.82, 2.24) is 4.98 Å². The van der Waals surface area contributed by atoms with Gasteiger partial charge in [0.15, 0.2) is 6.61 Å². The summed E-state index contributed by atoms with van der Waals surface area (Å²) in [7, 11) is 0. The van der Waals surface area contributed by atoms with Crippen molar-refractivity contribution < 1.29 is 14.3 Å². The highest BCUT2D eigenvalue weighted by molar-refractivity contribution is 7.19. The number of aromatic nitrogens is 1. The first-order valence-corrected chi connectivity index (χ1v) is 9.54. The molecule has 4 rings (SSSR count). The number of para-hydroxylation sites is 2. The number of thiazole rings is 1. The second kappa shape index (κ2) is 7.32. The molecule has 2 aromatic carbocycles. The van der Waals surface area contributed by atoms with Gasteiger partial charge in [0, 0.05) is 17.8 Å². The monoisotopic (exact) mass is 378 g/mol. The lowest BCUT2D eigenvalue weighted by molar-refractivity contribution is -0.143. The number of carbonyl (C=O) groups excluding carboxylic acids is 2. The Labute approximate surface area is 160 Å². The quantitative estimate of drug-likeness (QED) is 0.511. The summed E-state index contributed by atoms with van der Waals surface area (Å²) in [5.41, 5.74) is 2.93. The molecule has 1 aliphatic rings. The lowest BCUT2D eigenvalue weighted by Gasteiger charge is -2.22. The Kier molecular flexibility index (Phi) is 4.73. The van der Waals surface area contributed by atoms with E-state index in [1.165, 1.54) is 17.4 Å². The fourth-order valence-electron chi connectivity index (χ4n) is 3.30. The fraction of sp³-hybridized carbons (Fsp3) is 0.190. The number of hydrogen-bond donors (Lipinski definition) is 0. The van der Waals surface area contributed by atoms with E-state index in [-0.39, 0.29) is 18.6 Å². The van der Waals surface area contributed by atoms with E-state index in [4.69, 9.17) is 4.74 Å². The maximum Gasteiger partial charge on any atom is 0.331 e. The first-order valence-electron chi connectivity index (χ1n) is 8.72. The van der Waals surface area contributed by atoms with Crippen molar-refractivity contribution in [3.8, 4) is 0 Å². The van der Waals surface area contributed by atoms with E-state index >= 15 is 0 Å². The number of rotatable bonds is 4. The first kappa shape index (κ1) is 17.4. The Balaban J connectivity index is 1.37. The van der Waals surface area contributed by atoms with E-state index in [1.54, 1.807) is 11.0 Å². The summed E-state index contributed by atoms with van der Waals surface area (Å²) in [5, 5.41) is 0.724. The molecule has 1 amide bonds. The van der Waals surface area contributed by atoms with Crippen LogP contribution in [0.2, 0.25) is 0 Å². The van der Waals surface area contributed by atoms with Gasteiger partial charge in [-0.3, -0.25) is 4.79 Å². The molecule has 0 aliphatic carbocycles. The predicted molar refractivity (Wildman–Crippen MR) is 107 cm³/mol. The molecular formula is C21H18N2O3S. The molecule has 0 fully saturated rings. The molecule has 3 aromatic rings. The second-order valence-corrected chi connectivity index (χ2v) is 7.47. The van der Waals surface area contributed by atoms with Crippen LogP contribution < -0.4 is 4.90 Å². The molecule has 0 bridgehead atoms. The third-order valence-electron chi connectivity index (χ3n) is 4.49. The molecular weight excluding hydrogens is 360 g/mol. The molecule has 6 heteroatoms. The first-order chi connectivity index (χ1) is 13.1. The smallest absolute Gasteiger partial charge is 0.331 e. The van der Waals surface area contributed by atoms with Crippen LogP contribution in [-0.4, -0.2) is 29.5 Å². The summed E-state index contributed by atoms with van der Waals surface area (Å²) in [4.78, 5) is 30.6. The zero-order valence-corrected chi connectivity index (χ0v) is 15.6. The van der Waals surface area contributed by atoms with Gasteiger partial charge in [-0.1, -0.05) is 30.3 Å². The molecule has 0 N–H and O–H groups in total.